The Bertz CT molecular complexity index is 758. The van der Waals surface area contributed by atoms with Crippen LogP contribution in [0.3, 0.4) is 0 Å². The Kier molecular flexibility index (Phi) is 4.37. The van der Waals surface area contributed by atoms with Gasteiger partial charge >= 0.3 is 0 Å². The van der Waals surface area contributed by atoms with Crippen molar-refractivity contribution in [2.75, 3.05) is 18.1 Å². The molecule has 1 heterocycles. The zero-order chi connectivity index (χ0) is 17.1. The van der Waals surface area contributed by atoms with E-state index < -0.39 is 12.1 Å². The van der Waals surface area contributed by atoms with Crippen LogP contribution in [0.4, 0.5) is 5.69 Å². The molecule has 2 aromatic rings. The van der Waals surface area contributed by atoms with Crippen LogP contribution in [0.25, 0.3) is 0 Å². The van der Waals surface area contributed by atoms with Gasteiger partial charge in [0, 0.05) is 0 Å². The van der Waals surface area contributed by atoms with E-state index in [1.807, 2.05) is 43.3 Å². The minimum absolute atomic E-state index is 0.00910. The molecule has 3 rings (SSSR count). The molecule has 3 N–H and O–H groups in total. The lowest BCUT2D eigenvalue weighted by Gasteiger charge is -2.38. The summed E-state index contributed by atoms with van der Waals surface area (Å²) in [5.74, 6) is 0.118. The van der Waals surface area contributed by atoms with E-state index in [0.29, 0.717) is 17.9 Å². The second-order valence-corrected chi connectivity index (χ2v) is 5.49. The molecule has 1 aliphatic heterocycles. The number of nitrogens with one attached hydrogen (secondary N) is 1. The zero-order valence-corrected chi connectivity index (χ0v) is 13.4. The highest BCUT2D eigenvalue weighted by Crippen LogP contribution is 2.33. The Morgan fingerprint density at radius 2 is 1.92 bits per heavy atom. The summed E-state index contributed by atoms with van der Waals surface area (Å²) in [4.78, 5) is 25.7. The van der Waals surface area contributed by atoms with Gasteiger partial charge in [-0.2, -0.15) is 0 Å². The lowest BCUT2D eigenvalue weighted by atomic mass is 10.0. The van der Waals surface area contributed by atoms with Gasteiger partial charge in [-0.15, -0.1) is 0 Å². The topological polar surface area (TPSA) is 84.7 Å². The molecule has 1 unspecified atom stereocenters. The van der Waals surface area contributed by atoms with Crippen molar-refractivity contribution in [3.8, 4) is 5.75 Å². The Morgan fingerprint density at radius 3 is 2.58 bits per heavy atom. The van der Waals surface area contributed by atoms with Gasteiger partial charge < -0.3 is 20.7 Å². The molecule has 0 saturated carbocycles. The first-order valence-electron chi connectivity index (χ1n) is 7.77. The summed E-state index contributed by atoms with van der Waals surface area (Å²) in [6.45, 7) is 2.51. The van der Waals surface area contributed by atoms with Gasteiger partial charge in [0.1, 0.15) is 11.9 Å². The number of benzene rings is 2. The third-order valence-corrected chi connectivity index (χ3v) is 3.87. The molecule has 0 aromatic heterocycles. The SMILES string of the molecule is CCOc1ccc(C2NC(=O)c3ccccc3N2CC(N)=O)cc1. The minimum Gasteiger partial charge on any atom is -0.494 e. The van der Waals surface area contributed by atoms with Crippen molar-refractivity contribution in [3.05, 3.63) is 59.7 Å². The Morgan fingerprint density at radius 1 is 1.21 bits per heavy atom. The van der Waals surface area contributed by atoms with Crippen LogP contribution in [0, 0.1) is 0 Å². The molecule has 0 spiro atoms. The number of primary amides is 1. The predicted octanol–water partition coefficient (Wildman–Crippen LogP) is 1.82. The summed E-state index contributed by atoms with van der Waals surface area (Å²) >= 11 is 0. The number of para-hydroxylation sites is 1. The Labute approximate surface area is 140 Å². The molecule has 2 amide bonds. The first-order chi connectivity index (χ1) is 11.6. The van der Waals surface area contributed by atoms with Crippen molar-refractivity contribution in [2.45, 2.75) is 13.1 Å². The van der Waals surface area contributed by atoms with Crippen molar-refractivity contribution in [2.24, 2.45) is 5.73 Å². The van der Waals surface area contributed by atoms with E-state index in [1.54, 1.807) is 17.0 Å². The molecular formula is C18H19N3O3. The monoisotopic (exact) mass is 325 g/mol. The minimum atomic E-state index is -0.462. The van der Waals surface area contributed by atoms with E-state index in [-0.39, 0.29) is 12.5 Å². The van der Waals surface area contributed by atoms with E-state index in [2.05, 4.69) is 5.32 Å². The number of hydrogen-bond donors (Lipinski definition) is 2. The average Bonchev–Trinajstić information content (AvgIpc) is 2.58. The van der Waals surface area contributed by atoms with Crippen LogP contribution in [-0.2, 0) is 4.79 Å². The van der Waals surface area contributed by atoms with Gasteiger partial charge in [0.05, 0.1) is 24.4 Å². The molecule has 0 saturated heterocycles. The molecule has 0 aliphatic carbocycles. The van der Waals surface area contributed by atoms with E-state index >= 15 is 0 Å². The molecule has 0 fully saturated rings. The summed E-state index contributed by atoms with van der Waals surface area (Å²) in [6.07, 6.45) is -0.462. The second kappa shape index (κ2) is 6.62. The molecule has 6 nitrogen and oxygen atoms in total. The van der Waals surface area contributed by atoms with Gasteiger partial charge in [0.2, 0.25) is 5.91 Å². The molecule has 2 aromatic carbocycles. The molecule has 0 bridgehead atoms. The second-order valence-electron chi connectivity index (χ2n) is 5.49. The fourth-order valence-corrected chi connectivity index (χ4v) is 2.86. The fourth-order valence-electron chi connectivity index (χ4n) is 2.86. The molecule has 24 heavy (non-hydrogen) atoms. The largest absolute Gasteiger partial charge is 0.494 e. The lowest BCUT2D eigenvalue weighted by molar-refractivity contribution is -0.116. The standard InChI is InChI=1S/C18H19N3O3/c1-2-24-13-9-7-12(8-10-13)17-20-18(23)14-5-3-4-6-15(14)21(17)11-16(19)22/h3-10,17H,2,11H2,1H3,(H2,19,22)(H,20,23). The first-order valence-corrected chi connectivity index (χ1v) is 7.77. The lowest BCUT2D eigenvalue weighted by Crippen LogP contribution is -2.49. The summed E-state index contributed by atoms with van der Waals surface area (Å²) < 4.78 is 5.44. The number of nitrogens with two attached hydrogens (primary N) is 1. The fraction of sp³-hybridized carbons (Fsp3) is 0.222. The van der Waals surface area contributed by atoms with E-state index in [4.69, 9.17) is 10.5 Å². The number of carbonyl (C=O) groups excluding carboxylic acids is 2. The number of ether oxygens (including phenoxy) is 1. The molecule has 1 aliphatic rings. The number of fused-ring (bicyclic) bond motifs is 1. The van der Waals surface area contributed by atoms with Gasteiger partial charge in [-0.05, 0) is 36.8 Å². The molecule has 6 heteroatoms. The summed E-state index contributed by atoms with van der Waals surface area (Å²) in [5, 5.41) is 2.93. The number of hydrogen-bond acceptors (Lipinski definition) is 4. The highest BCUT2D eigenvalue weighted by atomic mass is 16.5. The highest BCUT2D eigenvalue weighted by Gasteiger charge is 2.32. The summed E-state index contributed by atoms with van der Waals surface area (Å²) in [6, 6.07) is 14.6. The van der Waals surface area contributed by atoms with Crippen molar-refractivity contribution in [3.63, 3.8) is 0 Å². The zero-order valence-electron chi connectivity index (χ0n) is 13.4. The molecular weight excluding hydrogens is 306 g/mol. The van der Waals surface area contributed by atoms with Crippen LogP contribution in [0.5, 0.6) is 5.75 Å². The maximum atomic E-state index is 12.4. The number of anilines is 1. The summed E-state index contributed by atoms with van der Waals surface area (Å²) in [7, 11) is 0. The number of nitrogens with zero attached hydrogens (tertiary/aromatic N) is 1. The van der Waals surface area contributed by atoms with Crippen molar-refractivity contribution < 1.29 is 14.3 Å². The van der Waals surface area contributed by atoms with Crippen LogP contribution >= 0.6 is 0 Å². The van der Waals surface area contributed by atoms with Crippen LogP contribution in [0.2, 0.25) is 0 Å². The van der Waals surface area contributed by atoms with E-state index in [1.165, 1.54) is 0 Å². The predicted molar refractivity (Wildman–Crippen MR) is 90.8 cm³/mol. The number of amides is 2. The molecule has 1 atom stereocenters. The third kappa shape index (κ3) is 3.03. The van der Waals surface area contributed by atoms with Crippen LogP contribution in [0.1, 0.15) is 29.0 Å². The Balaban J connectivity index is 1.99. The van der Waals surface area contributed by atoms with Crippen molar-refractivity contribution in [1.29, 1.82) is 0 Å². The Hall–Kier alpha value is -3.02. The van der Waals surface area contributed by atoms with E-state index in [9.17, 15) is 9.59 Å². The highest BCUT2D eigenvalue weighted by molar-refractivity contribution is 6.02. The van der Waals surface area contributed by atoms with Gasteiger partial charge in [0.15, 0.2) is 0 Å². The molecule has 0 radical (unpaired) electrons. The van der Waals surface area contributed by atoms with E-state index in [0.717, 1.165) is 11.3 Å². The first kappa shape index (κ1) is 15.9. The van der Waals surface area contributed by atoms with Crippen LogP contribution in [0.15, 0.2) is 48.5 Å². The molecule has 124 valence electrons. The van der Waals surface area contributed by atoms with Crippen LogP contribution in [-0.4, -0.2) is 25.0 Å². The maximum absolute atomic E-state index is 12.4. The van der Waals surface area contributed by atoms with Gasteiger partial charge in [-0.3, -0.25) is 9.59 Å². The van der Waals surface area contributed by atoms with Crippen molar-refractivity contribution in [1.82, 2.24) is 5.32 Å². The summed E-state index contributed by atoms with van der Waals surface area (Å²) in [5.41, 5.74) is 7.48. The van der Waals surface area contributed by atoms with Gasteiger partial charge in [-0.1, -0.05) is 24.3 Å². The maximum Gasteiger partial charge on any atom is 0.255 e. The quantitative estimate of drug-likeness (QED) is 0.878. The van der Waals surface area contributed by atoms with Gasteiger partial charge in [-0.25, -0.2) is 0 Å². The van der Waals surface area contributed by atoms with Gasteiger partial charge in [0.25, 0.3) is 5.91 Å². The van der Waals surface area contributed by atoms with Crippen molar-refractivity contribution >= 4 is 17.5 Å². The normalized spacial score (nSPS) is 16.3. The number of rotatable bonds is 5. The van der Waals surface area contributed by atoms with Crippen LogP contribution < -0.4 is 20.7 Å². The number of carbonyl (C=O) groups is 2. The smallest absolute Gasteiger partial charge is 0.255 e. The third-order valence-electron chi connectivity index (χ3n) is 3.87. The average molecular weight is 325 g/mol.